The first-order chi connectivity index (χ1) is 12.6. The Bertz CT molecular complexity index is 778. The predicted molar refractivity (Wildman–Crippen MR) is 103 cm³/mol. The molecule has 1 atom stereocenters. The van der Waals surface area contributed by atoms with Crippen LogP contribution in [0.3, 0.4) is 0 Å². The van der Waals surface area contributed by atoms with E-state index >= 15 is 0 Å². The normalized spacial score (nSPS) is 16.6. The fourth-order valence-electron chi connectivity index (χ4n) is 3.57. The highest BCUT2D eigenvalue weighted by Crippen LogP contribution is 2.39. The van der Waals surface area contributed by atoms with Crippen LogP contribution in [0, 0.1) is 0 Å². The van der Waals surface area contributed by atoms with E-state index < -0.39 is 0 Å². The van der Waals surface area contributed by atoms with Gasteiger partial charge in [-0.1, -0.05) is 23.7 Å². The molecule has 1 heterocycles. The lowest BCUT2D eigenvalue weighted by atomic mass is 10.0. The lowest BCUT2D eigenvalue weighted by molar-refractivity contribution is -0.132. The van der Waals surface area contributed by atoms with E-state index in [-0.39, 0.29) is 11.9 Å². The van der Waals surface area contributed by atoms with Crippen molar-refractivity contribution >= 4 is 17.5 Å². The van der Waals surface area contributed by atoms with Crippen LogP contribution >= 0.6 is 11.6 Å². The first-order valence-corrected chi connectivity index (χ1v) is 9.26. The average Bonchev–Trinajstić information content (AvgIpc) is 3.15. The topological polar surface area (TPSA) is 38.8 Å². The summed E-state index contributed by atoms with van der Waals surface area (Å²) in [6.07, 6.45) is 3.13. The third-order valence-corrected chi connectivity index (χ3v) is 5.12. The fraction of sp³-hybridized carbons (Fsp3) is 0.381. The molecule has 0 spiro atoms. The second-order valence-electron chi connectivity index (χ2n) is 6.48. The maximum absolute atomic E-state index is 12.8. The Labute approximate surface area is 159 Å². The summed E-state index contributed by atoms with van der Waals surface area (Å²) in [7, 11) is 3.29. The molecular formula is C21H24ClNO3. The molecule has 0 bridgehead atoms. The van der Waals surface area contributed by atoms with Crippen molar-refractivity contribution in [3.8, 4) is 11.5 Å². The Kier molecular flexibility index (Phi) is 6.04. The number of halogens is 1. The van der Waals surface area contributed by atoms with Gasteiger partial charge in [-0.3, -0.25) is 4.79 Å². The van der Waals surface area contributed by atoms with E-state index in [4.69, 9.17) is 21.1 Å². The number of hydrogen-bond acceptors (Lipinski definition) is 3. The second-order valence-corrected chi connectivity index (χ2v) is 6.92. The van der Waals surface area contributed by atoms with E-state index in [0.29, 0.717) is 17.9 Å². The molecule has 1 aliphatic rings. The maximum Gasteiger partial charge on any atom is 0.223 e. The standard InChI is InChI=1S/C21H24ClNO3/c1-25-17-9-10-18(20(14-17)26-2)19-7-4-12-23(19)21(24)11-8-15-5-3-6-16(22)13-15/h3,5-6,9-10,13-14,19H,4,7-8,11-12H2,1-2H3. The third kappa shape index (κ3) is 4.13. The predicted octanol–water partition coefficient (Wildman–Crippen LogP) is 4.65. The van der Waals surface area contributed by atoms with Crippen LogP contribution in [0.5, 0.6) is 11.5 Å². The van der Waals surface area contributed by atoms with Crippen molar-refractivity contribution in [1.82, 2.24) is 4.90 Å². The van der Waals surface area contributed by atoms with E-state index in [1.807, 2.05) is 47.4 Å². The van der Waals surface area contributed by atoms with Gasteiger partial charge in [0.25, 0.3) is 0 Å². The lowest BCUT2D eigenvalue weighted by Crippen LogP contribution is -2.30. The summed E-state index contributed by atoms with van der Waals surface area (Å²) in [6.45, 7) is 0.786. The van der Waals surface area contributed by atoms with Crippen molar-refractivity contribution in [2.75, 3.05) is 20.8 Å². The van der Waals surface area contributed by atoms with Crippen LogP contribution in [-0.4, -0.2) is 31.6 Å². The number of rotatable bonds is 6. The number of hydrogen-bond donors (Lipinski definition) is 0. The molecule has 1 amide bonds. The van der Waals surface area contributed by atoms with Gasteiger partial charge in [-0.25, -0.2) is 0 Å². The quantitative estimate of drug-likeness (QED) is 0.739. The van der Waals surface area contributed by atoms with Gasteiger partial charge in [0, 0.05) is 29.6 Å². The number of benzene rings is 2. The van der Waals surface area contributed by atoms with Gasteiger partial charge in [0.15, 0.2) is 0 Å². The van der Waals surface area contributed by atoms with Crippen LogP contribution in [0.15, 0.2) is 42.5 Å². The molecule has 1 unspecified atom stereocenters. The summed E-state index contributed by atoms with van der Waals surface area (Å²) < 4.78 is 10.8. The molecular weight excluding hydrogens is 350 g/mol. The summed E-state index contributed by atoms with van der Waals surface area (Å²) in [5, 5.41) is 0.706. The fourth-order valence-corrected chi connectivity index (χ4v) is 3.78. The number of nitrogens with zero attached hydrogens (tertiary/aromatic N) is 1. The molecule has 1 fully saturated rings. The number of likely N-dealkylation sites (tertiary alicyclic amines) is 1. The Morgan fingerprint density at radius 3 is 2.77 bits per heavy atom. The van der Waals surface area contributed by atoms with Gasteiger partial charge in [0.1, 0.15) is 11.5 Å². The number of methoxy groups -OCH3 is 2. The maximum atomic E-state index is 12.8. The molecule has 3 rings (SSSR count). The second kappa shape index (κ2) is 8.45. The van der Waals surface area contributed by atoms with Gasteiger partial charge in [-0.15, -0.1) is 0 Å². The van der Waals surface area contributed by atoms with E-state index in [1.165, 1.54) is 0 Å². The van der Waals surface area contributed by atoms with Gasteiger partial charge in [-0.05, 0) is 49.1 Å². The largest absolute Gasteiger partial charge is 0.497 e. The number of carbonyl (C=O) groups excluding carboxylic acids is 1. The molecule has 5 heteroatoms. The van der Waals surface area contributed by atoms with Crippen molar-refractivity contribution < 1.29 is 14.3 Å². The molecule has 138 valence electrons. The molecule has 1 aliphatic heterocycles. The van der Waals surface area contributed by atoms with Crippen molar-refractivity contribution in [1.29, 1.82) is 0 Å². The highest BCUT2D eigenvalue weighted by atomic mass is 35.5. The SMILES string of the molecule is COc1ccc(C2CCCN2C(=O)CCc2cccc(Cl)c2)c(OC)c1. The number of ether oxygens (including phenoxy) is 2. The molecule has 0 aromatic heterocycles. The van der Waals surface area contributed by atoms with Crippen LogP contribution in [-0.2, 0) is 11.2 Å². The molecule has 0 N–H and O–H groups in total. The van der Waals surface area contributed by atoms with Gasteiger partial charge in [-0.2, -0.15) is 0 Å². The lowest BCUT2D eigenvalue weighted by Gasteiger charge is -2.26. The molecule has 0 aliphatic carbocycles. The van der Waals surface area contributed by atoms with E-state index in [9.17, 15) is 4.79 Å². The van der Waals surface area contributed by atoms with Crippen molar-refractivity contribution in [3.05, 3.63) is 58.6 Å². The number of amides is 1. The summed E-state index contributed by atoms with van der Waals surface area (Å²) >= 11 is 6.03. The van der Waals surface area contributed by atoms with Crippen molar-refractivity contribution in [3.63, 3.8) is 0 Å². The van der Waals surface area contributed by atoms with E-state index in [0.717, 1.165) is 42.0 Å². The summed E-state index contributed by atoms with van der Waals surface area (Å²) in [5.41, 5.74) is 2.13. The Hall–Kier alpha value is -2.20. The molecule has 1 saturated heterocycles. The summed E-state index contributed by atoms with van der Waals surface area (Å²) in [5.74, 6) is 1.69. The van der Waals surface area contributed by atoms with Gasteiger partial charge in [0.05, 0.1) is 20.3 Å². The van der Waals surface area contributed by atoms with Crippen LogP contribution < -0.4 is 9.47 Å². The Morgan fingerprint density at radius 1 is 1.19 bits per heavy atom. The summed E-state index contributed by atoms with van der Waals surface area (Å²) in [4.78, 5) is 14.8. The molecule has 2 aromatic carbocycles. The minimum Gasteiger partial charge on any atom is -0.497 e. The third-order valence-electron chi connectivity index (χ3n) is 4.89. The molecule has 0 saturated carbocycles. The molecule has 26 heavy (non-hydrogen) atoms. The molecule has 2 aromatic rings. The molecule has 4 nitrogen and oxygen atoms in total. The van der Waals surface area contributed by atoms with E-state index in [1.54, 1.807) is 14.2 Å². The zero-order chi connectivity index (χ0) is 18.5. The Balaban J connectivity index is 1.72. The number of carbonyl (C=O) groups is 1. The first-order valence-electron chi connectivity index (χ1n) is 8.88. The minimum absolute atomic E-state index is 0.0581. The van der Waals surface area contributed by atoms with Crippen molar-refractivity contribution in [2.24, 2.45) is 0 Å². The first kappa shape index (κ1) is 18.6. The van der Waals surface area contributed by atoms with Crippen LogP contribution in [0.2, 0.25) is 5.02 Å². The van der Waals surface area contributed by atoms with Gasteiger partial charge >= 0.3 is 0 Å². The highest BCUT2D eigenvalue weighted by molar-refractivity contribution is 6.30. The van der Waals surface area contributed by atoms with Crippen LogP contribution in [0.25, 0.3) is 0 Å². The van der Waals surface area contributed by atoms with Gasteiger partial charge < -0.3 is 14.4 Å². The Morgan fingerprint density at radius 2 is 2.04 bits per heavy atom. The minimum atomic E-state index is 0.0581. The zero-order valence-corrected chi connectivity index (χ0v) is 16.0. The molecule has 0 radical (unpaired) electrons. The van der Waals surface area contributed by atoms with Crippen LogP contribution in [0.4, 0.5) is 0 Å². The highest BCUT2D eigenvalue weighted by Gasteiger charge is 2.31. The van der Waals surface area contributed by atoms with Crippen molar-refractivity contribution in [2.45, 2.75) is 31.7 Å². The zero-order valence-electron chi connectivity index (χ0n) is 15.2. The smallest absolute Gasteiger partial charge is 0.223 e. The number of aryl methyl sites for hydroxylation is 1. The van der Waals surface area contributed by atoms with E-state index in [2.05, 4.69) is 0 Å². The van der Waals surface area contributed by atoms with Crippen LogP contribution in [0.1, 0.15) is 36.4 Å². The summed E-state index contributed by atoms with van der Waals surface area (Å²) in [6, 6.07) is 13.6. The monoisotopic (exact) mass is 373 g/mol. The average molecular weight is 374 g/mol. The van der Waals surface area contributed by atoms with Gasteiger partial charge in [0.2, 0.25) is 5.91 Å².